The summed E-state index contributed by atoms with van der Waals surface area (Å²) in [5.41, 5.74) is 5.75. The molecule has 0 saturated carbocycles. The van der Waals surface area contributed by atoms with Gasteiger partial charge in [0.25, 0.3) is 0 Å². The fraction of sp³-hybridized carbons (Fsp3) is 0.0909. The molecular weight excluding hydrogens is 311 g/mol. The van der Waals surface area contributed by atoms with Gasteiger partial charge >= 0.3 is 0 Å². The zero-order valence-corrected chi connectivity index (χ0v) is 14.7. The van der Waals surface area contributed by atoms with Crippen LogP contribution in [-0.4, -0.2) is 5.45 Å². The Bertz CT molecular complexity index is 1010. The third-order valence-electron chi connectivity index (χ3n) is 3.98. The molecule has 0 radical (unpaired) electrons. The maximum atomic E-state index is 5.96. The molecule has 0 aliphatic heterocycles. The number of aryl methyl sites for hydroxylation is 1. The number of furan rings is 1. The Hall–Kier alpha value is -2.59. The molecule has 0 unspecified atom stereocenters. The van der Waals surface area contributed by atoms with Crippen LogP contribution < -0.4 is 0 Å². The number of fused-ring (bicyclic) bond motifs is 3. The van der Waals surface area contributed by atoms with E-state index in [1.165, 1.54) is 10.8 Å². The van der Waals surface area contributed by atoms with E-state index in [0.29, 0.717) is 0 Å². The molecule has 0 atom stereocenters. The van der Waals surface area contributed by atoms with Crippen LogP contribution in [0.2, 0.25) is 0 Å². The van der Waals surface area contributed by atoms with Gasteiger partial charge in [0.15, 0.2) is 0 Å². The second-order valence-electron chi connectivity index (χ2n) is 5.59. The number of rotatable bonds is 5. The summed E-state index contributed by atoms with van der Waals surface area (Å²) < 4.78 is 5.96. The fourth-order valence-corrected chi connectivity index (χ4v) is 3.03. The molecule has 24 heavy (non-hydrogen) atoms. The van der Waals surface area contributed by atoms with E-state index in [2.05, 4.69) is 57.3 Å². The van der Waals surface area contributed by atoms with E-state index < -0.39 is 0 Å². The van der Waals surface area contributed by atoms with Gasteiger partial charge in [-0.2, -0.15) is 0 Å². The molecule has 0 aliphatic carbocycles. The molecule has 0 bridgehead atoms. The molecule has 1 heterocycles. The summed E-state index contributed by atoms with van der Waals surface area (Å²) in [5, 5.41) is 3.55. The Labute approximate surface area is 144 Å². The van der Waals surface area contributed by atoms with E-state index in [-0.39, 0.29) is 0 Å². The van der Waals surface area contributed by atoms with Crippen LogP contribution in [0.5, 0.6) is 0 Å². The monoisotopic (exact) mass is 330 g/mol. The van der Waals surface area contributed by atoms with Crippen molar-refractivity contribution in [3.8, 4) is 0 Å². The van der Waals surface area contributed by atoms with E-state index in [1.54, 1.807) is 0 Å². The highest BCUT2D eigenvalue weighted by Crippen LogP contribution is 2.36. The SMILES string of the molecule is C=C(/C=C\C=C/CC=C=P)c1c(C)oc2ccc3ccccc3c12. The molecule has 0 aliphatic rings. The van der Waals surface area contributed by atoms with Crippen molar-refractivity contribution in [2.45, 2.75) is 13.3 Å². The molecule has 0 N–H and O–H groups in total. The van der Waals surface area contributed by atoms with Gasteiger partial charge in [0, 0.05) is 10.9 Å². The summed E-state index contributed by atoms with van der Waals surface area (Å²) in [6, 6.07) is 12.5. The Morgan fingerprint density at radius 3 is 2.88 bits per heavy atom. The maximum absolute atomic E-state index is 5.96. The second-order valence-corrected chi connectivity index (χ2v) is 5.88. The zero-order valence-electron chi connectivity index (χ0n) is 13.7. The van der Waals surface area contributed by atoms with Crippen LogP contribution in [0.15, 0.2) is 77.8 Å². The van der Waals surface area contributed by atoms with Gasteiger partial charge in [-0.25, -0.2) is 0 Å². The molecule has 0 fully saturated rings. The van der Waals surface area contributed by atoms with Gasteiger partial charge in [-0.15, -0.1) is 5.45 Å². The number of hydrogen-bond acceptors (Lipinski definition) is 1. The number of allylic oxidation sites excluding steroid dienone is 6. The molecule has 1 nitrogen and oxygen atoms in total. The van der Waals surface area contributed by atoms with Crippen molar-refractivity contribution in [2.24, 2.45) is 0 Å². The lowest BCUT2D eigenvalue weighted by Crippen LogP contribution is -1.82. The summed E-state index contributed by atoms with van der Waals surface area (Å²) in [6.07, 6.45) is 10.9. The largest absolute Gasteiger partial charge is 0.461 e. The molecular formula is C22H19OP. The summed E-state index contributed by atoms with van der Waals surface area (Å²) in [5.74, 6) is 0.900. The van der Waals surface area contributed by atoms with Crippen LogP contribution in [0.4, 0.5) is 0 Å². The number of benzene rings is 2. The zero-order chi connectivity index (χ0) is 16.9. The van der Waals surface area contributed by atoms with Crippen molar-refractivity contribution in [2.75, 3.05) is 0 Å². The average molecular weight is 330 g/mol. The van der Waals surface area contributed by atoms with Gasteiger partial charge in [-0.3, -0.25) is 0 Å². The normalized spacial score (nSPS) is 11.5. The Morgan fingerprint density at radius 2 is 2.04 bits per heavy atom. The predicted molar refractivity (Wildman–Crippen MR) is 108 cm³/mol. The third kappa shape index (κ3) is 3.19. The highest BCUT2D eigenvalue weighted by Gasteiger charge is 2.14. The lowest BCUT2D eigenvalue weighted by Gasteiger charge is -2.03. The molecule has 0 spiro atoms. The van der Waals surface area contributed by atoms with E-state index in [0.717, 1.165) is 34.3 Å². The van der Waals surface area contributed by atoms with Crippen molar-refractivity contribution in [1.82, 2.24) is 0 Å². The minimum atomic E-state index is 0.846. The molecule has 2 heteroatoms. The van der Waals surface area contributed by atoms with Crippen LogP contribution >= 0.6 is 8.86 Å². The third-order valence-corrected chi connectivity index (χ3v) is 4.18. The van der Waals surface area contributed by atoms with E-state index >= 15 is 0 Å². The smallest absolute Gasteiger partial charge is 0.135 e. The van der Waals surface area contributed by atoms with Crippen LogP contribution in [0.1, 0.15) is 17.7 Å². The molecule has 3 rings (SSSR count). The highest BCUT2D eigenvalue weighted by atomic mass is 31.0. The lowest BCUT2D eigenvalue weighted by atomic mass is 9.98. The minimum absolute atomic E-state index is 0.846. The van der Waals surface area contributed by atoms with Crippen molar-refractivity contribution in [3.05, 3.63) is 84.7 Å². The molecule has 118 valence electrons. The predicted octanol–water partition coefficient (Wildman–Crippen LogP) is 6.51. The summed E-state index contributed by atoms with van der Waals surface area (Å²) in [7, 11) is 3.18. The van der Waals surface area contributed by atoms with Crippen LogP contribution in [-0.2, 0) is 0 Å². The van der Waals surface area contributed by atoms with E-state index in [1.807, 2.05) is 37.3 Å². The fourth-order valence-electron chi connectivity index (χ4n) is 2.91. The van der Waals surface area contributed by atoms with Gasteiger partial charge in [-0.1, -0.05) is 70.1 Å². The van der Waals surface area contributed by atoms with Gasteiger partial charge in [-0.05, 0) is 41.8 Å². The summed E-state index contributed by atoms with van der Waals surface area (Å²) in [6.45, 7) is 6.24. The maximum Gasteiger partial charge on any atom is 0.135 e. The first-order valence-corrected chi connectivity index (χ1v) is 8.39. The average Bonchev–Trinajstić information content (AvgIpc) is 2.94. The lowest BCUT2D eigenvalue weighted by molar-refractivity contribution is 0.577. The van der Waals surface area contributed by atoms with Gasteiger partial charge < -0.3 is 4.42 Å². The first-order chi connectivity index (χ1) is 11.7. The van der Waals surface area contributed by atoms with Gasteiger partial charge in [0.2, 0.25) is 0 Å². The Kier molecular flexibility index (Phi) is 4.96. The topological polar surface area (TPSA) is 13.1 Å². The van der Waals surface area contributed by atoms with E-state index in [4.69, 9.17) is 4.42 Å². The van der Waals surface area contributed by atoms with Crippen LogP contribution in [0.25, 0.3) is 27.3 Å². The van der Waals surface area contributed by atoms with Crippen molar-refractivity contribution in [3.63, 3.8) is 0 Å². The van der Waals surface area contributed by atoms with Gasteiger partial charge in [0.05, 0.1) is 0 Å². The van der Waals surface area contributed by atoms with Crippen LogP contribution in [0.3, 0.4) is 0 Å². The molecule has 1 aromatic heterocycles. The second kappa shape index (κ2) is 7.32. The Balaban J connectivity index is 2.02. The highest BCUT2D eigenvalue weighted by molar-refractivity contribution is 7.17. The Morgan fingerprint density at radius 1 is 1.21 bits per heavy atom. The molecule has 0 saturated heterocycles. The van der Waals surface area contributed by atoms with E-state index in [9.17, 15) is 0 Å². The first-order valence-electron chi connectivity index (χ1n) is 7.89. The van der Waals surface area contributed by atoms with Crippen molar-refractivity contribution < 1.29 is 4.42 Å². The van der Waals surface area contributed by atoms with Crippen molar-refractivity contribution in [1.29, 1.82) is 0 Å². The molecule has 0 amide bonds. The summed E-state index contributed by atoms with van der Waals surface area (Å²) >= 11 is 0. The van der Waals surface area contributed by atoms with Crippen molar-refractivity contribution >= 4 is 41.6 Å². The standard InChI is InChI=1S/C22H19OP/c1-16(10-6-4-3-5-9-15-24)21-17(2)23-20-14-13-18-11-7-8-12-19(18)22(20)21/h3-4,6-14,24H,1,5H2,2H3/b4-3-,10-6-. The summed E-state index contributed by atoms with van der Waals surface area (Å²) in [4.78, 5) is 0. The molecule has 2 aromatic carbocycles. The minimum Gasteiger partial charge on any atom is -0.461 e. The quantitative estimate of drug-likeness (QED) is 0.384. The van der Waals surface area contributed by atoms with Gasteiger partial charge in [0.1, 0.15) is 11.3 Å². The molecule has 3 aromatic rings. The number of hydrogen-bond donors (Lipinski definition) is 0. The first kappa shape index (κ1) is 16.3. The van der Waals surface area contributed by atoms with Crippen LogP contribution in [0, 0.1) is 6.92 Å².